The molecule has 2 fully saturated rings. The SMILES string of the molecule is O=C(Cc1cccc(F)c1F)C1CC2CCC1O2. The fourth-order valence-electron chi connectivity index (χ4n) is 2.98. The first kappa shape index (κ1) is 11.8. The highest BCUT2D eigenvalue weighted by molar-refractivity contribution is 5.84. The smallest absolute Gasteiger partial charge is 0.162 e. The summed E-state index contributed by atoms with van der Waals surface area (Å²) in [6.45, 7) is 0. The van der Waals surface area contributed by atoms with E-state index >= 15 is 0 Å². The van der Waals surface area contributed by atoms with Crippen LogP contribution in [0.5, 0.6) is 0 Å². The summed E-state index contributed by atoms with van der Waals surface area (Å²) in [5.74, 6) is -1.97. The van der Waals surface area contributed by atoms with Gasteiger partial charge < -0.3 is 4.74 Å². The summed E-state index contributed by atoms with van der Waals surface area (Å²) < 4.78 is 32.1. The zero-order chi connectivity index (χ0) is 12.7. The Morgan fingerprint density at radius 2 is 2.17 bits per heavy atom. The van der Waals surface area contributed by atoms with Gasteiger partial charge in [-0.3, -0.25) is 4.79 Å². The zero-order valence-electron chi connectivity index (χ0n) is 9.86. The third-order valence-electron chi connectivity index (χ3n) is 3.92. The normalized spacial score (nSPS) is 29.8. The zero-order valence-corrected chi connectivity index (χ0v) is 9.86. The molecule has 0 N–H and O–H groups in total. The molecule has 3 unspecified atom stereocenters. The van der Waals surface area contributed by atoms with Crippen LogP contribution in [0.1, 0.15) is 24.8 Å². The summed E-state index contributed by atoms with van der Waals surface area (Å²) in [5.41, 5.74) is 0.141. The Kier molecular flexibility index (Phi) is 2.90. The van der Waals surface area contributed by atoms with Gasteiger partial charge in [0.2, 0.25) is 0 Å². The number of halogens is 2. The monoisotopic (exact) mass is 252 g/mol. The molecular weight excluding hydrogens is 238 g/mol. The van der Waals surface area contributed by atoms with Crippen LogP contribution < -0.4 is 0 Å². The number of carbonyl (C=O) groups excluding carboxylic acids is 1. The standard InChI is InChI=1S/C14H14F2O2/c15-11-3-1-2-8(14(11)16)6-12(17)10-7-9-4-5-13(10)18-9/h1-3,9-10,13H,4-7H2. The Balaban J connectivity index is 1.73. The van der Waals surface area contributed by atoms with Crippen LogP contribution in [0.2, 0.25) is 0 Å². The van der Waals surface area contributed by atoms with Crippen molar-refractivity contribution >= 4 is 5.78 Å². The van der Waals surface area contributed by atoms with Gasteiger partial charge in [-0.1, -0.05) is 12.1 Å². The Hall–Kier alpha value is -1.29. The molecule has 2 bridgehead atoms. The fourth-order valence-corrected chi connectivity index (χ4v) is 2.98. The van der Waals surface area contributed by atoms with Crippen LogP contribution in [-0.2, 0) is 16.0 Å². The maximum atomic E-state index is 13.5. The number of benzene rings is 1. The quantitative estimate of drug-likeness (QED) is 0.826. The van der Waals surface area contributed by atoms with Gasteiger partial charge in [-0.05, 0) is 30.9 Å². The minimum atomic E-state index is -0.907. The van der Waals surface area contributed by atoms with Crippen molar-refractivity contribution in [2.45, 2.75) is 37.9 Å². The van der Waals surface area contributed by atoms with Crippen molar-refractivity contribution in [2.75, 3.05) is 0 Å². The van der Waals surface area contributed by atoms with Gasteiger partial charge in [0.25, 0.3) is 0 Å². The highest BCUT2D eigenvalue weighted by Gasteiger charge is 2.44. The molecule has 0 spiro atoms. The summed E-state index contributed by atoms with van der Waals surface area (Å²) >= 11 is 0. The topological polar surface area (TPSA) is 26.3 Å². The molecule has 0 radical (unpaired) electrons. The van der Waals surface area contributed by atoms with Gasteiger partial charge in [-0.15, -0.1) is 0 Å². The molecule has 2 aliphatic heterocycles. The second-order valence-electron chi connectivity index (χ2n) is 5.07. The van der Waals surface area contributed by atoms with Crippen molar-refractivity contribution < 1.29 is 18.3 Å². The summed E-state index contributed by atoms with van der Waals surface area (Å²) in [7, 11) is 0. The minimum absolute atomic E-state index is 0.000814. The van der Waals surface area contributed by atoms with E-state index in [0.29, 0.717) is 0 Å². The average Bonchev–Trinajstić information content (AvgIpc) is 2.97. The molecule has 18 heavy (non-hydrogen) atoms. The molecule has 1 aromatic carbocycles. The number of Topliss-reactive ketones (excluding diaryl/α,β-unsaturated/α-hetero) is 1. The number of ether oxygens (including phenoxy) is 1. The van der Waals surface area contributed by atoms with Crippen molar-refractivity contribution in [3.63, 3.8) is 0 Å². The average molecular weight is 252 g/mol. The van der Waals surface area contributed by atoms with Crippen molar-refractivity contribution in [3.8, 4) is 0 Å². The van der Waals surface area contributed by atoms with Gasteiger partial charge in [0.15, 0.2) is 11.6 Å². The van der Waals surface area contributed by atoms with Crippen molar-refractivity contribution in [2.24, 2.45) is 5.92 Å². The summed E-state index contributed by atoms with van der Waals surface area (Å²) in [4.78, 5) is 12.1. The third-order valence-corrected chi connectivity index (χ3v) is 3.92. The molecule has 2 nitrogen and oxygen atoms in total. The van der Waals surface area contributed by atoms with Crippen molar-refractivity contribution in [3.05, 3.63) is 35.4 Å². The van der Waals surface area contributed by atoms with Gasteiger partial charge in [0, 0.05) is 12.3 Å². The highest BCUT2D eigenvalue weighted by Crippen LogP contribution is 2.39. The number of ketones is 1. The van der Waals surface area contributed by atoms with E-state index in [2.05, 4.69) is 0 Å². The lowest BCUT2D eigenvalue weighted by molar-refractivity contribution is -0.123. The number of fused-ring (bicyclic) bond motifs is 2. The number of hydrogen-bond acceptors (Lipinski definition) is 2. The molecule has 4 heteroatoms. The van der Waals surface area contributed by atoms with Crippen molar-refractivity contribution in [1.29, 1.82) is 0 Å². The summed E-state index contributed by atoms with van der Waals surface area (Å²) in [6.07, 6.45) is 2.82. The lowest BCUT2D eigenvalue weighted by atomic mass is 9.84. The van der Waals surface area contributed by atoms with Crippen LogP contribution in [0.4, 0.5) is 8.78 Å². The van der Waals surface area contributed by atoms with E-state index in [1.165, 1.54) is 12.1 Å². The predicted molar refractivity (Wildman–Crippen MR) is 61.1 cm³/mol. The Morgan fingerprint density at radius 3 is 2.83 bits per heavy atom. The first-order valence-corrected chi connectivity index (χ1v) is 6.26. The van der Waals surface area contributed by atoms with E-state index in [0.717, 1.165) is 25.3 Å². The summed E-state index contributed by atoms with van der Waals surface area (Å²) in [5, 5.41) is 0. The van der Waals surface area contributed by atoms with Gasteiger partial charge >= 0.3 is 0 Å². The van der Waals surface area contributed by atoms with Crippen LogP contribution >= 0.6 is 0 Å². The number of carbonyl (C=O) groups is 1. The number of rotatable bonds is 3. The Labute approximate surface area is 104 Å². The lowest BCUT2D eigenvalue weighted by Crippen LogP contribution is -2.27. The maximum absolute atomic E-state index is 13.5. The minimum Gasteiger partial charge on any atom is -0.374 e. The molecule has 0 aliphatic carbocycles. The third kappa shape index (κ3) is 1.94. The molecule has 2 aliphatic rings. The van der Waals surface area contributed by atoms with Gasteiger partial charge in [-0.2, -0.15) is 0 Å². The fraction of sp³-hybridized carbons (Fsp3) is 0.500. The largest absolute Gasteiger partial charge is 0.374 e. The molecule has 2 saturated heterocycles. The molecule has 0 amide bonds. The molecule has 3 rings (SSSR count). The molecule has 0 aromatic heterocycles. The van der Waals surface area contributed by atoms with Gasteiger partial charge in [0.05, 0.1) is 12.2 Å². The van der Waals surface area contributed by atoms with Gasteiger partial charge in [0.1, 0.15) is 5.78 Å². The van der Waals surface area contributed by atoms with E-state index in [9.17, 15) is 13.6 Å². The molecule has 2 heterocycles. The maximum Gasteiger partial charge on any atom is 0.162 e. The first-order chi connectivity index (χ1) is 8.65. The van der Waals surface area contributed by atoms with E-state index in [1.54, 1.807) is 0 Å². The molecular formula is C14H14F2O2. The van der Waals surface area contributed by atoms with Crippen LogP contribution in [-0.4, -0.2) is 18.0 Å². The van der Waals surface area contributed by atoms with Crippen LogP contribution in [0.25, 0.3) is 0 Å². The van der Waals surface area contributed by atoms with Crippen LogP contribution in [0.3, 0.4) is 0 Å². The van der Waals surface area contributed by atoms with E-state index in [-0.39, 0.29) is 35.9 Å². The summed E-state index contributed by atoms with van der Waals surface area (Å²) in [6, 6.07) is 3.95. The molecule has 3 atom stereocenters. The second-order valence-corrected chi connectivity index (χ2v) is 5.07. The van der Waals surface area contributed by atoms with Crippen LogP contribution in [0, 0.1) is 17.6 Å². The number of hydrogen-bond donors (Lipinski definition) is 0. The molecule has 0 saturated carbocycles. The first-order valence-electron chi connectivity index (χ1n) is 6.26. The predicted octanol–water partition coefficient (Wildman–Crippen LogP) is 2.64. The van der Waals surface area contributed by atoms with E-state index < -0.39 is 11.6 Å². The van der Waals surface area contributed by atoms with Crippen molar-refractivity contribution in [1.82, 2.24) is 0 Å². The highest BCUT2D eigenvalue weighted by atomic mass is 19.2. The van der Waals surface area contributed by atoms with Gasteiger partial charge in [-0.25, -0.2) is 8.78 Å². The Bertz CT molecular complexity index is 487. The molecule has 1 aromatic rings. The second kappa shape index (κ2) is 4.43. The lowest BCUT2D eigenvalue weighted by Gasteiger charge is -2.17. The van der Waals surface area contributed by atoms with Crippen LogP contribution in [0.15, 0.2) is 18.2 Å². The Morgan fingerprint density at radius 1 is 1.33 bits per heavy atom. The van der Waals surface area contributed by atoms with E-state index in [4.69, 9.17) is 4.74 Å². The van der Waals surface area contributed by atoms with E-state index in [1.807, 2.05) is 0 Å². The molecule has 96 valence electrons.